The second-order valence-corrected chi connectivity index (χ2v) is 9.33. The minimum atomic E-state index is -0.422. The fourth-order valence-corrected chi connectivity index (χ4v) is 4.24. The fourth-order valence-electron chi connectivity index (χ4n) is 4.24. The number of carbonyl (C=O) groups is 4. The van der Waals surface area contributed by atoms with Gasteiger partial charge in [0.25, 0.3) is 0 Å². The van der Waals surface area contributed by atoms with Crippen molar-refractivity contribution in [3.05, 3.63) is 60.7 Å². The van der Waals surface area contributed by atoms with E-state index in [1.807, 2.05) is 0 Å². The van der Waals surface area contributed by atoms with E-state index in [-0.39, 0.29) is 34.9 Å². The van der Waals surface area contributed by atoms with Crippen molar-refractivity contribution in [3.63, 3.8) is 0 Å². The van der Waals surface area contributed by atoms with Gasteiger partial charge in [-0.05, 0) is 93.8 Å². The minimum absolute atomic E-state index is 0.0452. The number of hydrogen-bond acceptors (Lipinski definition) is 9. The predicted octanol–water partition coefficient (Wildman–Crippen LogP) is 5.19. The van der Waals surface area contributed by atoms with Crippen LogP contribution in [0.25, 0.3) is 0 Å². The summed E-state index contributed by atoms with van der Waals surface area (Å²) in [6, 6.07) is 10.9. The van der Waals surface area contributed by atoms with Gasteiger partial charge in [-0.25, -0.2) is 4.79 Å². The van der Waals surface area contributed by atoms with Crippen LogP contribution in [-0.2, 0) is 19.1 Å². The molecule has 0 atom stereocenters. The van der Waals surface area contributed by atoms with Crippen LogP contribution in [0, 0.1) is 11.8 Å². The molecule has 1 aliphatic rings. The molecule has 0 saturated heterocycles. The Labute approximate surface area is 227 Å². The number of aldehydes is 1. The van der Waals surface area contributed by atoms with Crippen molar-refractivity contribution in [2.75, 3.05) is 13.2 Å². The van der Waals surface area contributed by atoms with Gasteiger partial charge in [0.2, 0.25) is 0 Å². The van der Waals surface area contributed by atoms with Crippen molar-refractivity contribution >= 4 is 24.2 Å². The average Bonchev–Trinajstić information content (AvgIpc) is 2.96. The standard InChI is InChI=1S/C30H34O9/c1-2-28(33)37-18-6-4-3-5-17-36-24-11-13-25(14-12-24)38-29(34)21-7-9-22(10-8-21)30(35)39-26-15-16-27(32)23(19-26)20-31/h2,11-16,19-22,32H,1,3-10,17-18H2. The van der Waals surface area contributed by atoms with Crippen molar-refractivity contribution < 1.29 is 43.2 Å². The normalized spacial score (nSPS) is 16.5. The van der Waals surface area contributed by atoms with E-state index in [9.17, 15) is 24.3 Å². The Balaban J connectivity index is 1.33. The minimum Gasteiger partial charge on any atom is -0.507 e. The number of esters is 3. The molecule has 1 fully saturated rings. The Kier molecular flexibility index (Phi) is 11.6. The molecule has 0 aromatic heterocycles. The molecule has 0 bridgehead atoms. The summed E-state index contributed by atoms with van der Waals surface area (Å²) in [5.41, 5.74) is 0.0452. The molecular formula is C30H34O9. The highest BCUT2D eigenvalue weighted by Crippen LogP contribution is 2.32. The van der Waals surface area contributed by atoms with Crippen LogP contribution in [0.3, 0.4) is 0 Å². The third-order valence-electron chi connectivity index (χ3n) is 6.50. The highest BCUT2D eigenvalue weighted by molar-refractivity contribution is 5.82. The Bertz CT molecular complexity index is 1130. The highest BCUT2D eigenvalue weighted by Gasteiger charge is 2.32. The molecule has 0 aliphatic heterocycles. The van der Waals surface area contributed by atoms with E-state index in [0.717, 1.165) is 31.8 Å². The zero-order chi connectivity index (χ0) is 28.0. The Morgan fingerprint density at radius 1 is 0.795 bits per heavy atom. The van der Waals surface area contributed by atoms with Crippen LogP contribution in [0.5, 0.6) is 23.0 Å². The molecule has 0 amide bonds. The summed E-state index contributed by atoms with van der Waals surface area (Å²) < 4.78 is 21.6. The maximum atomic E-state index is 12.6. The first-order chi connectivity index (χ1) is 18.9. The zero-order valence-electron chi connectivity index (χ0n) is 21.8. The largest absolute Gasteiger partial charge is 0.507 e. The molecule has 1 N–H and O–H groups in total. The second kappa shape index (κ2) is 15.3. The van der Waals surface area contributed by atoms with Gasteiger partial charge in [0.1, 0.15) is 23.0 Å². The molecule has 2 aromatic carbocycles. The number of benzene rings is 2. The van der Waals surface area contributed by atoms with Crippen LogP contribution in [0.15, 0.2) is 55.1 Å². The van der Waals surface area contributed by atoms with Crippen molar-refractivity contribution in [3.8, 4) is 23.0 Å². The number of rotatable bonds is 14. The van der Waals surface area contributed by atoms with Gasteiger partial charge in [-0.1, -0.05) is 6.58 Å². The summed E-state index contributed by atoms with van der Waals surface area (Å²) in [7, 11) is 0. The van der Waals surface area contributed by atoms with Gasteiger partial charge < -0.3 is 24.1 Å². The molecule has 1 aliphatic carbocycles. The molecule has 9 nitrogen and oxygen atoms in total. The Hall–Kier alpha value is -4.14. The van der Waals surface area contributed by atoms with Gasteiger partial charge in [0, 0.05) is 6.08 Å². The number of carbonyl (C=O) groups excluding carboxylic acids is 4. The first kappa shape index (κ1) is 29.4. The van der Waals surface area contributed by atoms with Crippen molar-refractivity contribution in [1.82, 2.24) is 0 Å². The monoisotopic (exact) mass is 538 g/mol. The van der Waals surface area contributed by atoms with Crippen LogP contribution in [-0.4, -0.2) is 42.5 Å². The molecule has 208 valence electrons. The maximum absolute atomic E-state index is 12.6. The summed E-state index contributed by atoms with van der Waals surface area (Å²) in [5, 5.41) is 9.58. The first-order valence-corrected chi connectivity index (χ1v) is 13.1. The molecule has 9 heteroatoms. The summed E-state index contributed by atoms with van der Waals surface area (Å²) in [6.07, 6.45) is 7.20. The lowest BCUT2D eigenvalue weighted by molar-refractivity contribution is -0.145. The van der Waals surface area contributed by atoms with Gasteiger partial charge in [0.15, 0.2) is 6.29 Å². The average molecular weight is 539 g/mol. The van der Waals surface area contributed by atoms with Gasteiger partial charge in [0.05, 0.1) is 30.6 Å². The Morgan fingerprint density at radius 3 is 1.92 bits per heavy atom. The molecule has 3 rings (SSSR count). The van der Waals surface area contributed by atoms with Crippen LogP contribution in [0.2, 0.25) is 0 Å². The highest BCUT2D eigenvalue weighted by atomic mass is 16.5. The number of aromatic hydroxyl groups is 1. The lowest BCUT2D eigenvalue weighted by Crippen LogP contribution is -2.30. The van der Waals surface area contributed by atoms with Crippen LogP contribution < -0.4 is 14.2 Å². The van der Waals surface area contributed by atoms with E-state index in [0.29, 0.717) is 56.7 Å². The lowest BCUT2D eigenvalue weighted by atomic mass is 9.82. The summed E-state index contributed by atoms with van der Waals surface area (Å²) >= 11 is 0. The maximum Gasteiger partial charge on any atom is 0.330 e. The summed E-state index contributed by atoms with van der Waals surface area (Å²) in [4.78, 5) is 47.1. The fraction of sp³-hybridized carbons (Fsp3) is 0.400. The van der Waals surface area contributed by atoms with Crippen molar-refractivity contribution in [2.24, 2.45) is 11.8 Å². The summed E-state index contributed by atoms with van der Waals surface area (Å²) in [5.74, 6) is -0.686. The quantitative estimate of drug-likeness (QED) is 0.114. The third kappa shape index (κ3) is 9.59. The van der Waals surface area contributed by atoms with E-state index >= 15 is 0 Å². The van der Waals surface area contributed by atoms with Crippen molar-refractivity contribution in [2.45, 2.75) is 51.4 Å². The van der Waals surface area contributed by atoms with Gasteiger partial charge in [-0.15, -0.1) is 0 Å². The number of phenolic OH excluding ortho intramolecular Hbond substituents is 1. The predicted molar refractivity (Wildman–Crippen MR) is 142 cm³/mol. The number of unbranched alkanes of at least 4 members (excludes halogenated alkanes) is 3. The lowest BCUT2D eigenvalue weighted by Gasteiger charge is -2.25. The van der Waals surface area contributed by atoms with E-state index < -0.39 is 11.9 Å². The smallest absolute Gasteiger partial charge is 0.330 e. The number of ether oxygens (including phenoxy) is 4. The number of phenols is 1. The van der Waals surface area contributed by atoms with E-state index in [1.54, 1.807) is 24.3 Å². The summed E-state index contributed by atoms with van der Waals surface area (Å²) in [6.45, 7) is 4.30. The molecule has 0 spiro atoms. The third-order valence-corrected chi connectivity index (χ3v) is 6.50. The van der Waals surface area contributed by atoms with Gasteiger partial charge in [-0.2, -0.15) is 0 Å². The molecule has 0 radical (unpaired) electrons. The molecular weight excluding hydrogens is 504 g/mol. The zero-order valence-corrected chi connectivity index (χ0v) is 21.8. The van der Waals surface area contributed by atoms with Gasteiger partial charge >= 0.3 is 17.9 Å². The van der Waals surface area contributed by atoms with E-state index in [2.05, 4.69) is 6.58 Å². The first-order valence-electron chi connectivity index (χ1n) is 13.1. The molecule has 0 unspecified atom stereocenters. The molecule has 1 saturated carbocycles. The van der Waals surface area contributed by atoms with E-state index in [4.69, 9.17) is 18.9 Å². The second-order valence-electron chi connectivity index (χ2n) is 9.33. The molecule has 2 aromatic rings. The van der Waals surface area contributed by atoms with Crippen molar-refractivity contribution in [1.29, 1.82) is 0 Å². The Morgan fingerprint density at radius 2 is 1.33 bits per heavy atom. The topological polar surface area (TPSA) is 125 Å². The van der Waals surface area contributed by atoms with Crippen LogP contribution in [0.1, 0.15) is 61.7 Å². The van der Waals surface area contributed by atoms with E-state index in [1.165, 1.54) is 18.2 Å². The van der Waals surface area contributed by atoms with Crippen LogP contribution >= 0.6 is 0 Å². The molecule has 0 heterocycles. The SMILES string of the molecule is C=CC(=O)OCCCCCCOc1ccc(OC(=O)C2CCC(C(=O)Oc3ccc(O)c(C=O)c3)CC2)cc1. The molecule has 39 heavy (non-hydrogen) atoms. The number of hydrogen-bond donors (Lipinski definition) is 1. The van der Waals surface area contributed by atoms with Crippen LogP contribution in [0.4, 0.5) is 0 Å². The van der Waals surface area contributed by atoms with Gasteiger partial charge in [-0.3, -0.25) is 14.4 Å².